The first-order valence-electron chi connectivity index (χ1n) is 15.4. The van der Waals surface area contributed by atoms with Gasteiger partial charge in [0.25, 0.3) is 0 Å². The standard InChI is InChI=1S/C34H48O2S2/c1-3-5-7-9-11-13-15-17-21-35-31-25-29-30(34-28(20-24-38-34)27-19-23-37-33(27)29)26-32(31)36-22-18-16-14-12-10-8-6-4-2/h19-20,23-26H,3-18,21-22H2,1-2H3. The fraction of sp³-hybridized carbons (Fsp3) is 0.588. The molecule has 0 aliphatic rings. The van der Waals surface area contributed by atoms with Crippen LogP contribution >= 0.6 is 22.7 Å². The second-order valence-corrected chi connectivity index (χ2v) is 12.7. The smallest absolute Gasteiger partial charge is 0.161 e. The molecule has 4 heteroatoms. The zero-order valence-electron chi connectivity index (χ0n) is 23.8. The predicted molar refractivity (Wildman–Crippen MR) is 171 cm³/mol. The van der Waals surface area contributed by atoms with Crippen molar-refractivity contribution in [3.05, 3.63) is 35.0 Å². The van der Waals surface area contributed by atoms with Crippen LogP contribution in [-0.4, -0.2) is 13.2 Å². The van der Waals surface area contributed by atoms with Gasteiger partial charge in [-0.2, -0.15) is 0 Å². The molecule has 0 N–H and O–H groups in total. The molecule has 2 aromatic carbocycles. The van der Waals surface area contributed by atoms with E-state index >= 15 is 0 Å². The lowest BCUT2D eigenvalue weighted by atomic mass is 10.0. The van der Waals surface area contributed by atoms with E-state index in [-0.39, 0.29) is 0 Å². The molecule has 0 saturated heterocycles. The van der Waals surface area contributed by atoms with Gasteiger partial charge in [0.05, 0.1) is 13.2 Å². The van der Waals surface area contributed by atoms with Gasteiger partial charge in [-0.3, -0.25) is 0 Å². The third kappa shape index (κ3) is 8.11. The second-order valence-electron chi connectivity index (χ2n) is 10.8. The maximum absolute atomic E-state index is 6.43. The summed E-state index contributed by atoms with van der Waals surface area (Å²) in [6, 6.07) is 9.06. The van der Waals surface area contributed by atoms with Crippen molar-refractivity contribution in [1.82, 2.24) is 0 Å². The summed E-state index contributed by atoms with van der Waals surface area (Å²) in [5, 5.41) is 9.76. The van der Waals surface area contributed by atoms with Gasteiger partial charge in [0.1, 0.15) is 0 Å². The van der Waals surface area contributed by atoms with Crippen molar-refractivity contribution in [1.29, 1.82) is 0 Å². The van der Waals surface area contributed by atoms with Gasteiger partial charge >= 0.3 is 0 Å². The normalized spacial score (nSPS) is 11.7. The Labute approximate surface area is 238 Å². The number of rotatable bonds is 20. The molecule has 0 atom stereocenters. The Kier molecular flexibility index (Phi) is 12.6. The Morgan fingerprint density at radius 1 is 0.474 bits per heavy atom. The molecule has 0 spiro atoms. The molecular formula is C34H48O2S2. The molecule has 4 rings (SSSR count). The monoisotopic (exact) mass is 552 g/mol. The van der Waals surface area contributed by atoms with Crippen LogP contribution < -0.4 is 9.47 Å². The summed E-state index contributed by atoms with van der Waals surface area (Å²) >= 11 is 3.67. The molecule has 0 bridgehead atoms. The minimum absolute atomic E-state index is 0.767. The van der Waals surface area contributed by atoms with E-state index in [0.717, 1.165) is 37.6 Å². The van der Waals surface area contributed by atoms with Gasteiger partial charge in [-0.1, -0.05) is 104 Å². The van der Waals surface area contributed by atoms with Crippen molar-refractivity contribution in [2.45, 2.75) is 117 Å². The van der Waals surface area contributed by atoms with E-state index in [1.54, 1.807) is 0 Å². The van der Waals surface area contributed by atoms with Gasteiger partial charge in [0, 0.05) is 30.9 Å². The largest absolute Gasteiger partial charge is 0.490 e. The maximum atomic E-state index is 6.43. The summed E-state index contributed by atoms with van der Waals surface area (Å²) in [4.78, 5) is 0. The van der Waals surface area contributed by atoms with Crippen molar-refractivity contribution in [2.24, 2.45) is 0 Å². The summed E-state index contributed by atoms with van der Waals surface area (Å²) in [5.74, 6) is 1.84. The minimum Gasteiger partial charge on any atom is -0.490 e. The summed E-state index contributed by atoms with van der Waals surface area (Å²) < 4.78 is 15.6. The van der Waals surface area contributed by atoms with Gasteiger partial charge in [-0.15, -0.1) is 22.7 Å². The maximum Gasteiger partial charge on any atom is 0.161 e. The van der Waals surface area contributed by atoms with Crippen molar-refractivity contribution in [3.8, 4) is 11.5 Å². The minimum atomic E-state index is 0.767. The number of thiophene rings is 2. The van der Waals surface area contributed by atoms with Crippen LogP contribution in [-0.2, 0) is 0 Å². The number of hydrogen-bond acceptors (Lipinski definition) is 4. The number of fused-ring (bicyclic) bond motifs is 6. The number of benzene rings is 2. The van der Waals surface area contributed by atoms with Gasteiger partial charge < -0.3 is 9.47 Å². The van der Waals surface area contributed by atoms with Crippen LogP contribution in [0.2, 0.25) is 0 Å². The van der Waals surface area contributed by atoms with Crippen LogP contribution in [0.1, 0.15) is 117 Å². The Balaban J connectivity index is 1.39. The van der Waals surface area contributed by atoms with E-state index in [4.69, 9.17) is 9.47 Å². The van der Waals surface area contributed by atoms with Gasteiger partial charge in [0.2, 0.25) is 0 Å². The molecule has 0 aliphatic heterocycles. The fourth-order valence-corrected chi connectivity index (χ4v) is 7.34. The molecule has 0 unspecified atom stereocenters. The molecule has 0 fully saturated rings. The highest BCUT2D eigenvalue weighted by Crippen LogP contribution is 2.44. The van der Waals surface area contributed by atoms with E-state index < -0.39 is 0 Å². The lowest BCUT2D eigenvalue weighted by Crippen LogP contribution is -2.03. The third-order valence-corrected chi connectivity index (χ3v) is 9.60. The highest BCUT2D eigenvalue weighted by Gasteiger charge is 2.16. The first-order valence-corrected chi connectivity index (χ1v) is 17.2. The average molecular weight is 553 g/mol. The number of unbranched alkanes of at least 4 members (excludes halogenated alkanes) is 14. The van der Waals surface area contributed by atoms with E-state index in [0.29, 0.717) is 0 Å². The topological polar surface area (TPSA) is 18.5 Å². The summed E-state index contributed by atoms with van der Waals surface area (Å²) in [5.41, 5.74) is 0. The zero-order chi connectivity index (χ0) is 26.4. The quantitative estimate of drug-likeness (QED) is 0.101. The van der Waals surface area contributed by atoms with E-state index in [2.05, 4.69) is 48.9 Å². The van der Waals surface area contributed by atoms with E-state index in [1.807, 2.05) is 22.7 Å². The predicted octanol–water partition coefficient (Wildman–Crippen LogP) is 12.3. The molecule has 38 heavy (non-hydrogen) atoms. The van der Waals surface area contributed by atoms with Crippen LogP contribution in [0.15, 0.2) is 35.0 Å². The van der Waals surface area contributed by atoms with Gasteiger partial charge in [-0.25, -0.2) is 0 Å². The zero-order valence-corrected chi connectivity index (χ0v) is 25.5. The van der Waals surface area contributed by atoms with Crippen LogP contribution in [0.3, 0.4) is 0 Å². The second kappa shape index (κ2) is 16.4. The molecule has 0 amide bonds. The SMILES string of the molecule is CCCCCCCCCCOc1cc2c(cc1OCCCCCCCCCC)c1sccc1c1ccsc12. The first kappa shape index (κ1) is 29.2. The van der Waals surface area contributed by atoms with Crippen molar-refractivity contribution >= 4 is 53.6 Å². The Morgan fingerprint density at radius 2 is 0.842 bits per heavy atom. The molecule has 2 aromatic heterocycles. The summed E-state index contributed by atoms with van der Waals surface area (Å²) in [6.07, 6.45) is 21.0. The molecule has 0 saturated carbocycles. The lowest BCUT2D eigenvalue weighted by Gasteiger charge is -2.15. The van der Waals surface area contributed by atoms with E-state index in [1.165, 1.54) is 121 Å². The molecule has 0 aliphatic carbocycles. The Hall–Kier alpha value is -1.78. The highest BCUT2D eigenvalue weighted by atomic mass is 32.1. The molecular weight excluding hydrogens is 505 g/mol. The highest BCUT2D eigenvalue weighted by molar-refractivity contribution is 7.20. The lowest BCUT2D eigenvalue weighted by molar-refractivity contribution is 0.259. The summed E-state index contributed by atoms with van der Waals surface area (Å²) in [7, 11) is 0. The third-order valence-electron chi connectivity index (χ3n) is 7.70. The Bertz CT molecular complexity index is 1130. The van der Waals surface area contributed by atoms with Crippen molar-refractivity contribution in [3.63, 3.8) is 0 Å². The first-order chi connectivity index (χ1) is 18.8. The van der Waals surface area contributed by atoms with Gasteiger partial charge in [-0.05, 0) is 47.9 Å². The molecule has 0 radical (unpaired) electrons. The fourth-order valence-electron chi connectivity index (χ4n) is 5.46. The van der Waals surface area contributed by atoms with Crippen LogP contribution in [0, 0.1) is 0 Å². The van der Waals surface area contributed by atoms with Crippen LogP contribution in [0.5, 0.6) is 11.5 Å². The molecule has 2 heterocycles. The molecule has 4 aromatic rings. The average Bonchev–Trinajstić information content (AvgIpc) is 3.61. The molecule has 2 nitrogen and oxygen atoms in total. The number of ether oxygens (including phenoxy) is 2. The van der Waals surface area contributed by atoms with Crippen LogP contribution in [0.4, 0.5) is 0 Å². The number of hydrogen-bond donors (Lipinski definition) is 0. The Morgan fingerprint density at radius 3 is 1.24 bits per heavy atom. The summed E-state index contributed by atoms with van der Waals surface area (Å²) in [6.45, 7) is 6.10. The van der Waals surface area contributed by atoms with Crippen molar-refractivity contribution < 1.29 is 9.47 Å². The van der Waals surface area contributed by atoms with E-state index in [9.17, 15) is 0 Å². The van der Waals surface area contributed by atoms with Gasteiger partial charge in [0.15, 0.2) is 11.5 Å². The van der Waals surface area contributed by atoms with Crippen molar-refractivity contribution in [2.75, 3.05) is 13.2 Å². The molecule has 208 valence electrons. The van der Waals surface area contributed by atoms with Crippen LogP contribution in [0.25, 0.3) is 30.9 Å².